The lowest BCUT2D eigenvalue weighted by Gasteiger charge is -2.00. The first kappa shape index (κ1) is 10.5. The van der Waals surface area contributed by atoms with E-state index in [2.05, 4.69) is 0 Å². The third kappa shape index (κ3) is 4.23. The Bertz CT molecular complexity index is 244. The minimum Gasteiger partial charge on any atom is -0.211 e. The number of rotatable bonds is 4. The third-order valence-corrected chi connectivity index (χ3v) is 2.05. The molecule has 0 aliphatic heterocycles. The van der Waals surface area contributed by atoms with Crippen LogP contribution in [0.15, 0.2) is 24.3 Å². The van der Waals surface area contributed by atoms with Gasteiger partial charge in [0.2, 0.25) is 6.43 Å². The van der Waals surface area contributed by atoms with Crippen LogP contribution >= 0.6 is 11.6 Å². The van der Waals surface area contributed by atoms with Gasteiger partial charge in [0.15, 0.2) is 0 Å². The highest BCUT2D eigenvalue weighted by Gasteiger charge is 2.01. The van der Waals surface area contributed by atoms with Crippen molar-refractivity contribution in [2.75, 3.05) is 0 Å². The smallest absolute Gasteiger partial charge is 0.211 e. The van der Waals surface area contributed by atoms with E-state index in [0.717, 1.165) is 5.56 Å². The Morgan fingerprint density at radius 2 is 1.77 bits per heavy atom. The van der Waals surface area contributed by atoms with E-state index < -0.39 is 6.43 Å². The van der Waals surface area contributed by atoms with E-state index >= 15 is 0 Å². The van der Waals surface area contributed by atoms with Crippen LogP contribution in [0.1, 0.15) is 18.4 Å². The second kappa shape index (κ2) is 5.18. The maximum Gasteiger partial charge on any atom is 0.238 e. The Morgan fingerprint density at radius 3 is 2.31 bits per heavy atom. The molecule has 1 rings (SSSR count). The molecule has 0 atom stereocenters. The SMILES string of the molecule is FC(F)CCCc1ccc(Cl)cc1. The standard InChI is InChI=1S/C10H11ClF2/c11-9-6-4-8(5-7-9)2-1-3-10(12)13/h4-7,10H,1-3H2. The fourth-order valence-electron chi connectivity index (χ4n) is 1.11. The lowest BCUT2D eigenvalue weighted by atomic mass is 10.1. The molecule has 0 unspecified atom stereocenters. The fourth-order valence-corrected chi connectivity index (χ4v) is 1.24. The van der Waals surface area contributed by atoms with Gasteiger partial charge < -0.3 is 0 Å². The molecule has 3 heteroatoms. The molecule has 0 bridgehead atoms. The van der Waals surface area contributed by atoms with E-state index in [1.807, 2.05) is 12.1 Å². The highest BCUT2D eigenvalue weighted by atomic mass is 35.5. The molecule has 0 amide bonds. The summed E-state index contributed by atoms with van der Waals surface area (Å²) in [4.78, 5) is 0. The molecule has 0 saturated carbocycles. The van der Waals surface area contributed by atoms with E-state index in [-0.39, 0.29) is 6.42 Å². The van der Waals surface area contributed by atoms with Crippen LogP contribution < -0.4 is 0 Å². The Labute approximate surface area is 81.5 Å². The average Bonchev–Trinajstić information content (AvgIpc) is 2.08. The van der Waals surface area contributed by atoms with Crippen molar-refractivity contribution in [2.45, 2.75) is 25.7 Å². The molecule has 0 nitrogen and oxygen atoms in total. The van der Waals surface area contributed by atoms with Crippen LogP contribution in [-0.4, -0.2) is 6.43 Å². The number of halogens is 3. The lowest BCUT2D eigenvalue weighted by molar-refractivity contribution is 0.135. The Kier molecular flexibility index (Phi) is 4.16. The summed E-state index contributed by atoms with van der Waals surface area (Å²) in [7, 11) is 0. The van der Waals surface area contributed by atoms with Crippen LogP contribution in [0.5, 0.6) is 0 Å². The molecule has 1 aromatic carbocycles. The van der Waals surface area contributed by atoms with Gasteiger partial charge >= 0.3 is 0 Å². The lowest BCUT2D eigenvalue weighted by Crippen LogP contribution is -1.92. The minimum absolute atomic E-state index is 0.0252. The predicted octanol–water partition coefficient (Wildman–Crippen LogP) is 3.93. The second-order valence-corrected chi connectivity index (χ2v) is 3.35. The molecule has 1 aromatic rings. The fraction of sp³-hybridized carbons (Fsp3) is 0.400. The van der Waals surface area contributed by atoms with Crippen molar-refractivity contribution >= 4 is 11.6 Å². The first-order valence-electron chi connectivity index (χ1n) is 4.21. The molecular weight excluding hydrogens is 194 g/mol. The molecular formula is C10H11ClF2. The van der Waals surface area contributed by atoms with Gasteiger partial charge in [0, 0.05) is 11.4 Å². The summed E-state index contributed by atoms with van der Waals surface area (Å²) < 4.78 is 23.6. The summed E-state index contributed by atoms with van der Waals surface area (Å²) in [5.74, 6) is 0. The molecule has 0 heterocycles. The number of hydrogen-bond donors (Lipinski definition) is 0. The highest BCUT2D eigenvalue weighted by molar-refractivity contribution is 6.30. The van der Waals surface area contributed by atoms with E-state index in [1.165, 1.54) is 0 Å². The van der Waals surface area contributed by atoms with Gasteiger partial charge in [0.25, 0.3) is 0 Å². The van der Waals surface area contributed by atoms with Crippen molar-refractivity contribution in [3.8, 4) is 0 Å². The van der Waals surface area contributed by atoms with Gasteiger partial charge in [-0.1, -0.05) is 23.7 Å². The van der Waals surface area contributed by atoms with Crippen molar-refractivity contribution in [1.29, 1.82) is 0 Å². The molecule has 0 spiro atoms. The van der Waals surface area contributed by atoms with Gasteiger partial charge in [-0.15, -0.1) is 0 Å². The summed E-state index contributed by atoms with van der Waals surface area (Å²) in [5, 5.41) is 0.678. The van der Waals surface area contributed by atoms with Gasteiger partial charge in [0.05, 0.1) is 0 Å². The van der Waals surface area contributed by atoms with Crippen molar-refractivity contribution in [3.05, 3.63) is 34.9 Å². The molecule has 0 fully saturated rings. The Morgan fingerprint density at radius 1 is 1.15 bits per heavy atom. The van der Waals surface area contributed by atoms with Crippen molar-refractivity contribution in [3.63, 3.8) is 0 Å². The van der Waals surface area contributed by atoms with Crippen LogP contribution in [0.25, 0.3) is 0 Å². The third-order valence-electron chi connectivity index (χ3n) is 1.80. The Hall–Kier alpha value is -0.630. The van der Waals surface area contributed by atoms with Gasteiger partial charge in [-0.25, -0.2) is 8.78 Å². The predicted molar refractivity (Wildman–Crippen MR) is 50.4 cm³/mol. The quantitative estimate of drug-likeness (QED) is 0.697. The largest absolute Gasteiger partial charge is 0.238 e. The van der Waals surface area contributed by atoms with Gasteiger partial charge in [0.1, 0.15) is 0 Å². The van der Waals surface area contributed by atoms with Gasteiger partial charge in [-0.05, 0) is 30.5 Å². The zero-order valence-corrected chi connectivity index (χ0v) is 7.90. The summed E-state index contributed by atoms with van der Waals surface area (Å²) in [6.45, 7) is 0. The summed E-state index contributed by atoms with van der Waals surface area (Å²) >= 11 is 5.68. The first-order valence-corrected chi connectivity index (χ1v) is 4.59. The molecule has 0 aliphatic rings. The summed E-state index contributed by atoms with van der Waals surface area (Å²) in [6.07, 6.45) is -0.990. The molecule has 72 valence electrons. The number of benzene rings is 1. The summed E-state index contributed by atoms with van der Waals surface area (Å²) in [6, 6.07) is 7.29. The van der Waals surface area contributed by atoms with E-state index in [0.29, 0.717) is 17.9 Å². The van der Waals surface area contributed by atoms with Crippen LogP contribution in [0.3, 0.4) is 0 Å². The van der Waals surface area contributed by atoms with E-state index in [1.54, 1.807) is 12.1 Å². The number of alkyl halides is 2. The van der Waals surface area contributed by atoms with Gasteiger partial charge in [-0.3, -0.25) is 0 Å². The van der Waals surface area contributed by atoms with E-state index in [4.69, 9.17) is 11.6 Å². The minimum atomic E-state index is -2.19. The first-order chi connectivity index (χ1) is 6.18. The average molecular weight is 205 g/mol. The summed E-state index contributed by atoms with van der Waals surface area (Å²) in [5.41, 5.74) is 1.06. The maximum absolute atomic E-state index is 11.8. The molecule has 0 aromatic heterocycles. The topological polar surface area (TPSA) is 0 Å². The van der Waals surface area contributed by atoms with Crippen molar-refractivity contribution in [1.82, 2.24) is 0 Å². The highest BCUT2D eigenvalue weighted by Crippen LogP contribution is 2.13. The zero-order chi connectivity index (χ0) is 9.68. The molecule has 0 radical (unpaired) electrons. The van der Waals surface area contributed by atoms with Crippen molar-refractivity contribution in [2.24, 2.45) is 0 Å². The van der Waals surface area contributed by atoms with Crippen molar-refractivity contribution < 1.29 is 8.78 Å². The maximum atomic E-state index is 11.8. The zero-order valence-electron chi connectivity index (χ0n) is 7.14. The number of aryl methyl sites for hydroxylation is 1. The van der Waals surface area contributed by atoms with Crippen LogP contribution in [0.4, 0.5) is 8.78 Å². The molecule has 13 heavy (non-hydrogen) atoms. The van der Waals surface area contributed by atoms with Crippen LogP contribution in [0, 0.1) is 0 Å². The monoisotopic (exact) mass is 204 g/mol. The van der Waals surface area contributed by atoms with Crippen LogP contribution in [-0.2, 0) is 6.42 Å². The molecule has 0 saturated heterocycles. The second-order valence-electron chi connectivity index (χ2n) is 2.91. The number of hydrogen-bond acceptors (Lipinski definition) is 0. The van der Waals surface area contributed by atoms with Crippen LogP contribution in [0.2, 0.25) is 5.02 Å². The Balaban J connectivity index is 2.33. The molecule has 0 aliphatic carbocycles. The molecule has 0 N–H and O–H groups in total. The van der Waals surface area contributed by atoms with Gasteiger partial charge in [-0.2, -0.15) is 0 Å². The van der Waals surface area contributed by atoms with E-state index in [9.17, 15) is 8.78 Å². The normalized spacial score (nSPS) is 10.8.